The van der Waals surface area contributed by atoms with Crippen LogP contribution in [0.5, 0.6) is 0 Å². The van der Waals surface area contributed by atoms with Crippen LogP contribution >= 0.6 is 9.64 Å². The summed E-state index contributed by atoms with van der Waals surface area (Å²) in [5.41, 5.74) is 5.17. The third-order valence-electron chi connectivity index (χ3n) is 12.1. The van der Waals surface area contributed by atoms with Crippen LogP contribution in [0.25, 0.3) is 64.6 Å². The molecule has 0 spiro atoms. The van der Waals surface area contributed by atoms with Crippen molar-refractivity contribution in [2.75, 3.05) is 0 Å². The monoisotopic (exact) mass is 816 g/mol. The Hall–Kier alpha value is -6.91. The number of hydrogen-bond donors (Lipinski definition) is 0. The van der Waals surface area contributed by atoms with E-state index in [9.17, 15) is 0 Å². The van der Waals surface area contributed by atoms with Gasteiger partial charge in [0.05, 0.1) is 0 Å². The Morgan fingerprint density at radius 2 is 0.621 bits per heavy atom. The molecule has 0 atom stereocenters. The van der Waals surface area contributed by atoms with E-state index in [4.69, 9.17) is 39.6 Å². The van der Waals surface area contributed by atoms with Crippen LogP contribution in [0.15, 0.2) is 176 Å². The van der Waals surface area contributed by atoms with E-state index in [2.05, 4.69) is 152 Å². The van der Waals surface area contributed by atoms with Crippen molar-refractivity contribution in [3.05, 3.63) is 179 Å². The van der Waals surface area contributed by atoms with Crippen LogP contribution in [0.1, 0.15) is 22.3 Å². The van der Waals surface area contributed by atoms with Crippen LogP contribution in [0.2, 0.25) is 0 Å². The van der Waals surface area contributed by atoms with E-state index in [1.165, 1.54) is 0 Å². The van der Waals surface area contributed by atoms with Crippen molar-refractivity contribution in [3.8, 4) is 0 Å². The van der Waals surface area contributed by atoms with Gasteiger partial charge in [0.1, 0.15) is 0 Å². The Bertz CT molecular complexity index is 3640. The second-order valence-electron chi connectivity index (χ2n) is 15.3. The molecule has 14 rings (SSSR count). The van der Waals surface area contributed by atoms with Crippen LogP contribution in [0.4, 0.5) is 11.6 Å². The Balaban J connectivity index is 1.24. The number of aliphatic imine (C=N–C) groups is 4. The molecule has 0 aliphatic carbocycles. The molecule has 0 saturated heterocycles. The minimum atomic E-state index is -3.65. The van der Waals surface area contributed by atoms with Gasteiger partial charge in [0.15, 0.2) is 0 Å². The van der Waals surface area contributed by atoms with Crippen LogP contribution in [-0.4, -0.2) is 45.6 Å². The van der Waals surface area contributed by atoms with E-state index in [1.807, 2.05) is 0 Å². The first kappa shape index (κ1) is 31.2. The molecule has 4 aliphatic heterocycles. The van der Waals surface area contributed by atoms with Crippen molar-refractivity contribution in [1.82, 2.24) is 6.55 Å². The predicted molar refractivity (Wildman–Crippen MR) is 237 cm³/mol. The van der Waals surface area contributed by atoms with Crippen molar-refractivity contribution in [1.29, 1.82) is 0 Å². The van der Waals surface area contributed by atoms with E-state index < -0.39 is 15.7 Å². The Labute approximate surface area is 338 Å². The van der Waals surface area contributed by atoms with E-state index in [0.717, 1.165) is 109 Å². The van der Waals surface area contributed by atoms with Gasteiger partial charge in [0.2, 0.25) is 0 Å². The van der Waals surface area contributed by atoms with Gasteiger partial charge in [-0.15, -0.1) is 0 Å². The molecular weight excluding hydrogens is 794 g/mol. The van der Waals surface area contributed by atoms with Gasteiger partial charge in [-0.2, -0.15) is 0 Å². The van der Waals surface area contributed by atoms with Crippen molar-refractivity contribution in [3.63, 3.8) is 0 Å². The van der Waals surface area contributed by atoms with Gasteiger partial charge in [0.25, 0.3) is 0 Å². The van der Waals surface area contributed by atoms with Gasteiger partial charge in [-0.25, -0.2) is 0 Å². The molecule has 4 aliphatic rings. The molecule has 0 fully saturated rings. The van der Waals surface area contributed by atoms with Crippen molar-refractivity contribution < 1.29 is 0 Å². The topological polar surface area (TPSA) is 84.0 Å². The van der Waals surface area contributed by atoms with Crippen LogP contribution in [0, 0.1) is 0 Å². The van der Waals surface area contributed by atoms with Crippen LogP contribution in [-0.2, 0) is 0 Å². The number of aromatic nitrogens is 2. The summed E-state index contributed by atoms with van der Waals surface area (Å²) < 4.78 is 4.43. The van der Waals surface area contributed by atoms with E-state index >= 15 is 0 Å². The molecule has 8 aromatic carbocycles. The summed E-state index contributed by atoms with van der Waals surface area (Å²) in [5.74, 6) is 3.85. The number of hydrogen-bond acceptors (Lipinski definition) is 6. The Morgan fingerprint density at radius 1 is 0.328 bits per heavy atom. The predicted octanol–water partition coefficient (Wildman–Crippen LogP) is 9.77. The van der Waals surface area contributed by atoms with Gasteiger partial charge in [-0.05, 0) is 0 Å². The maximum absolute atomic E-state index is 8.24. The quantitative estimate of drug-likeness (QED) is 0.137. The van der Waals surface area contributed by atoms with Gasteiger partial charge in [-0.3, -0.25) is 0 Å². The average Bonchev–Trinajstić information content (AvgIpc) is 3.95. The normalized spacial score (nSPS) is 14.9. The molecule has 8 nitrogen and oxygen atoms in total. The number of fused-ring (bicyclic) bond motifs is 18. The molecule has 266 valence electrons. The minimum absolute atomic E-state index is 0.600. The number of rotatable bonds is 0. The van der Waals surface area contributed by atoms with Crippen molar-refractivity contribution >= 4 is 125 Å². The standard InChI is InChI=1S/C48H24N8.ClH.Ga/c1-2-10-26-18-34-33(17-25(26)9-1)41-49-42(34)54-44-37-21-29-13-5-6-14-30(29)22-38(37)46(51-44)56-48-40-24-32-16-8-7-15-31(32)23-39(40)47(52-48)55-45-36-20-28-12-4-3-11-27(28)19-35(36)43(50-45)53-41;;/h1-24H;1H;/q-2;;+3/p-1. The Kier molecular flexibility index (Phi) is 5.99. The second kappa shape index (κ2) is 11.1. The van der Waals surface area contributed by atoms with Gasteiger partial charge in [0, 0.05) is 0 Å². The number of amidine groups is 4. The van der Waals surface area contributed by atoms with Gasteiger partial charge in [-0.1, -0.05) is 0 Å². The summed E-state index contributed by atoms with van der Waals surface area (Å²) in [6.45, 7) is 0. The maximum atomic E-state index is 8.24. The third-order valence-corrected chi connectivity index (χ3v) is 17.9. The summed E-state index contributed by atoms with van der Waals surface area (Å²) in [4.78, 5) is 32.7. The van der Waals surface area contributed by atoms with E-state index in [-0.39, 0.29) is 0 Å². The molecule has 10 aromatic rings. The summed E-state index contributed by atoms with van der Waals surface area (Å²) >= 11 is -3.65. The summed E-state index contributed by atoms with van der Waals surface area (Å²) in [6, 6.07) is 51.3. The van der Waals surface area contributed by atoms with Crippen LogP contribution < -0.4 is 11.0 Å². The van der Waals surface area contributed by atoms with Gasteiger partial charge < -0.3 is 0 Å². The molecule has 6 heterocycles. The molecule has 6 bridgehead atoms. The second-order valence-corrected chi connectivity index (χ2v) is 20.8. The van der Waals surface area contributed by atoms with E-state index in [0.29, 0.717) is 23.3 Å². The molecular formula is C48H24ClGaN8. The fraction of sp³-hybridized carbons (Fsp3) is 0. The summed E-state index contributed by atoms with van der Waals surface area (Å²) in [6.07, 6.45) is 0. The van der Waals surface area contributed by atoms with E-state index in [1.54, 1.807) is 0 Å². The summed E-state index contributed by atoms with van der Waals surface area (Å²) in [7, 11) is 8.24. The molecule has 0 amide bonds. The number of benzene rings is 8. The molecule has 58 heavy (non-hydrogen) atoms. The fourth-order valence-corrected chi connectivity index (χ4v) is 15.1. The van der Waals surface area contributed by atoms with Crippen molar-refractivity contribution in [2.24, 2.45) is 30.0 Å². The van der Waals surface area contributed by atoms with Crippen LogP contribution in [0.3, 0.4) is 0 Å². The zero-order valence-corrected chi connectivity index (χ0v) is 33.6. The average molecular weight is 818 g/mol. The zero-order valence-electron chi connectivity index (χ0n) is 30.4. The first-order valence-electron chi connectivity index (χ1n) is 19.2. The molecule has 10 heteroatoms. The SMILES string of the molecule is [Cl][Ga]1[n]2c3c4cc5ccccc5cc4c2N=C2N=C(N=c4c5cc6ccccc6cc5c([n]41)=NC1=NC(=N3)c3cc4ccccc4cc31)c1cc3ccccc3cc12. The molecule has 0 saturated carbocycles. The zero-order chi connectivity index (χ0) is 37.8. The first-order valence-corrected chi connectivity index (χ1v) is 24.6. The number of nitrogens with zero attached hydrogens (tertiary/aromatic N) is 8. The molecule has 2 aromatic heterocycles. The fourth-order valence-electron chi connectivity index (χ4n) is 9.32. The van der Waals surface area contributed by atoms with Gasteiger partial charge >= 0.3 is 340 Å². The molecule has 0 radical (unpaired) electrons. The Morgan fingerprint density at radius 3 is 0.966 bits per heavy atom. The molecule has 0 N–H and O–H groups in total. The number of halogens is 1. The summed E-state index contributed by atoms with van der Waals surface area (Å²) in [5, 5.41) is 12.7. The third kappa shape index (κ3) is 4.16. The van der Waals surface area contributed by atoms with Crippen molar-refractivity contribution in [2.45, 2.75) is 0 Å². The first-order chi connectivity index (χ1) is 28.6. The molecule has 0 unspecified atom stereocenters.